The second kappa shape index (κ2) is 6.42. The number of nitriles is 1. The van der Waals surface area contributed by atoms with E-state index in [0.717, 1.165) is 13.0 Å². The van der Waals surface area contributed by atoms with Crippen LogP contribution in [0, 0.1) is 23.2 Å². The van der Waals surface area contributed by atoms with E-state index in [4.69, 9.17) is 5.26 Å². The first-order valence-electron chi connectivity index (χ1n) is 5.17. The SMILES string of the molecule is CCC(C#N)C(=O)N(C)CCC(C)C. The maximum Gasteiger partial charge on any atom is 0.239 e. The van der Waals surface area contributed by atoms with Gasteiger partial charge < -0.3 is 4.90 Å². The second-order valence-corrected chi connectivity index (χ2v) is 4.03. The van der Waals surface area contributed by atoms with E-state index in [-0.39, 0.29) is 5.91 Å². The predicted molar refractivity (Wildman–Crippen MR) is 56.5 cm³/mol. The van der Waals surface area contributed by atoms with Crippen molar-refractivity contribution in [1.82, 2.24) is 4.90 Å². The Morgan fingerprint density at radius 3 is 2.43 bits per heavy atom. The molecule has 0 aliphatic rings. The molecule has 1 amide bonds. The zero-order chi connectivity index (χ0) is 11.1. The van der Waals surface area contributed by atoms with Crippen LogP contribution >= 0.6 is 0 Å². The van der Waals surface area contributed by atoms with Crippen LogP contribution in [0.3, 0.4) is 0 Å². The van der Waals surface area contributed by atoms with Gasteiger partial charge in [0.1, 0.15) is 5.92 Å². The van der Waals surface area contributed by atoms with Crippen LogP contribution in [0.15, 0.2) is 0 Å². The summed E-state index contributed by atoms with van der Waals surface area (Å²) in [5, 5.41) is 8.73. The maximum atomic E-state index is 11.6. The van der Waals surface area contributed by atoms with Crippen molar-refractivity contribution in [2.45, 2.75) is 33.6 Å². The predicted octanol–water partition coefficient (Wildman–Crippen LogP) is 2.04. The molecule has 0 N–H and O–H groups in total. The van der Waals surface area contributed by atoms with Crippen LogP contribution in [-0.2, 0) is 4.79 Å². The Kier molecular flexibility index (Phi) is 5.94. The van der Waals surface area contributed by atoms with Crippen LogP contribution in [0.5, 0.6) is 0 Å². The largest absolute Gasteiger partial charge is 0.345 e. The molecule has 80 valence electrons. The average Bonchev–Trinajstić information content (AvgIpc) is 2.15. The van der Waals surface area contributed by atoms with E-state index in [1.165, 1.54) is 0 Å². The summed E-state index contributed by atoms with van der Waals surface area (Å²) >= 11 is 0. The van der Waals surface area contributed by atoms with Crippen molar-refractivity contribution >= 4 is 5.91 Å². The summed E-state index contributed by atoms with van der Waals surface area (Å²) < 4.78 is 0. The fourth-order valence-corrected chi connectivity index (χ4v) is 1.15. The van der Waals surface area contributed by atoms with Gasteiger partial charge >= 0.3 is 0 Å². The average molecular weight is 196 g/mol. The lowest BCUT2D eigenvalue weighted by Gasteiger charge is -2.20. The molecule has 3 heteroatoms. The van der Waals surface area contributed by atoms with Gasteiger partial charge in [0.05, 0.1) is 6.07 Å². The molecule has 1 atom stereocenters. The molecule has 0 spiro atoms. The Balaban J connectivity index is 4.05. The fraction of sp³-hybridized carbons (Fsp3) is 0.818. The van der Waals surface area contributed by atoms with Gasteiger partial charge in [-0.3, -0.25) is 4.79 Å². The summed E-state index contributed by atoms with van der Waals surface area (Å²) in [6, 6.07) is 2.03. The molecule has 0 bridgehead atoms. The minimum atomic E-state index is -0.466. The van der Waals surface area contributed by atoms with E-state index >= 15 is 0 Å². The van der Waals surface area contributed by atoms with Crippen molar-refractivity contribution in [2.24, 2.45) is 11.8 Å². The molecule has 0 aromatic carbocycles. The highest BCUT2D eigenvalue weighted by atomic mass is 16.2. The topological polar surface area (TPSA) is 44.1 Å². The first-order chi connectivity index (χ1) is 6.52. The summed E-state index contributed by atoms with van der Waals surface area (Å²) in [4.78, 5) is 13.3. The van der Waals surface area contributed by atoms with E-state index in [9.17, 15) is 4.79 Å². The zero-order valence-corrected chi connectivity index (χ0v) is 9.58. The van der Waals surface area contributed by atoms with Gasteiger partial charge in [-0.15, -0.1) is 0 Å². The van der Waals surface area contributed by atoms with Crippen molar-refractivity contribution in [3.8, 4) is 6.07 Å². The number of carbonyl (C=O) groups excluding carboxylic acids is 1. The van der Waals surface area contributed by atoms with Gasteiger partial charge in [0, 0.05) is 13.6 Å². The Bertz CT molecular complexity index is 218. The summed E-state index contributed by atoms with van der Waals surface area (Å²) in [5.41, 5.74) is 0. The summed E-state index contributed by atoms with van der Waals surface area (Å²) in [6.45, 7) is 6.86. The molecule has 3 nitrogen and oxygen atoms in total. The van der Waals surface area contributed by atoms with E-state index < -0.39 is 5.92 Å². The Morgan fingerprint density at radius 1 is 1.50 bits per heavy atom. The third-order valence-corrected chi connectivity index (χ3v) is 2.28. The summed E-state index contributed by atoms with van der Waals surface area (Å²) in [7, 11) is 1.77. The molecule has 1 unspecified atom stereocenters. The second-order valence-electron chi connectivity index (χ2n) is 4.03. The highest BCUT2D eigenvalue weighted by molar-refractivity contribution is 5.80. The molecule has 0 saturated carbocycles. The number of hydrogen-bond donors (Lipinski definition) is 0. The van der Waals surface area contributed by atoms with Crippen LogP contribution in [0.2, 0.25) is 0 Å². The number of rotatable bonds is 5. The van der Waals surface area contributed by atoms with Crippen LogP contribution in [0.1, 0.15) is 33.6 Å². The normalized spacial score (nSPS) is 12.3. The fourth-order valence-electron chi connectivity index (χ4n) is 1.15. The molecule has 0 aliphatic carbocycles. The van der Waals surface area contributed by atoms with Crippen molar-refractivity contribution in [2.75, 3.05) is 13.6 Å². The van der Waals surface area contributed by atoms with E-state index in [0.29, 0.717) is 12.3 Å². The third kappa shape index (κ3) is 4.27. The van der Waals surface area contributed by atoms with E-state index in [1.54, 1.807) is 11.9 Å². The standard InChI is InChI=1S/C11H20N2O/c1-5-10(8-12)11(14)13(4)7-6-9(2)3/h9-10H,5-7H2,1-4H3. The van der Waals surface area contributed by atoms with Gasteiger partial charge in [-0.25, -0.2) is 0 Å². The highest BCUT2D eigenvalue weighted by Crippen LogP contribution is 2.07. The molecular formula is C11H20N2O. The smallest absolute Gasteiger partial charge is 0.239 e. The van der Waals surface area contributed by atoms with Crippen molar-refractivity contribution in [3.05, 3.63) is 0 Å². The number of nitrogens with zero attached hydrogens (tertiary/aromatic N) is 2. The van der Waals surface area contributed by atoms with E-state index in [1.807, 2.05) is 13.0 Å². The highest BCUT2D eigenvalue weighted by Gasteiger charge is 2.19. The molecule has 0 heterocycles. The Morgan fingerprint density at radius 2 is 2.07 bits per heavy atom. The van der Waals surface area contributed by atoms with Gasteiger partial charge in [-0.05, 0) is 18.8 Å². The molecule has 0 rings (SSSR count). The van der Waals surface area contributed by atoms with Gasteiger partial charge in [0.25, 0.3) is 0 Å². The van der Waals surface area contributed by atoms with E-state index in [2.05, 4.69) is 13.8 Å². The lowest BCUT2D eigenvalue weighted by molar-refractivity contribution is -0.132. The van der Waals surface area contributed by atoms with Crippen LogP contribution in [0.25, 0.3) is 0 Å². The molecule has 0 radical (unpaired) electrons. The Hall–Kier alpha value is -1.04. The lowest BCUT2D eigenvalue weighted by Crippen LogP contribution is -2.33. The van der Waals surface area contributed by atoms with Gasteiger partial charge in [-0.2, -0.15) is 5.26 Å². The summed E-state index contributed by atoms with van der Waals surface area (Å²) in [6.07, 6.45) is 1.59. The molecule has 0 aromatic rings. The maximum absolute atomic E-state index is 11.6. The quantitative estimate of drug-likeness (QED) is 0.675. The van der Waals surface area contributed by atoms with Crippen LogP contribution in [0.4, 0.5) is 0 Å². The number of hydrogen-bond acceptors (Lipinski definition) is 2. The zero-order valence-electron chi connectivity index (χ0n) is 9.58. The van der Waals surface area contributed by atoms with Crippen LogP contribution < -0.4 is 0 Å². The van der Waals surface area contributed by atoms with Gasteiger partial charge in [-0.1, -0.05) is 20.8 Å². The first-order valence-corrected chi connectivity index (χ1v) is 5.17. The molecule has 0 aromatic heterocycles. The van der Waals surface area contributed by atoms with Gasteiger partial charge in [0.2, 0.25) is 5.91 Å². The Labute approximate surface area is 86.7 Å². The van der Waals surface area contributed by atoms with Crippen LogP contribution in [-0.4, -0.2) is 24.4 Å². The number of carbonyl (C=O) groups is 1. The van der Waals surface area contributed by atoms with Crippen molar-refractivity contribution in [3.63, 3.8) is 0 Å². The first kappa shape index (κ1) is 13.0. The molecular weight excluding hydrogens is 176 g/mol. The molecule has 0 aliphatic heterocycles. The molecule has 0 fully saturated rings. The monoisotopic (exact) mass is 196 g/mol. The molecule has 0 saturated heterocycles. The minimum Gasteiger partial charge on any atom is -0.345 e. The van der Waals surface area contributed by atoms with Crippen molar-refractivity contribution < 1.29 is 4.79 Å². The van der Waals surface area contributed by atoms with Crippen molar-refractivity contribution in [1.29, 1.82) is 5.26 Å². The summed E-state index contributed by atoms with van der Waals surface area (Å²) in [5.74, 6) is 0.0789. The van der Waals surface area contributed by atoms with Gasteiger partial charge in [0.15, 0.2) is 0 Å². The lowest BCUT2D eigenvalue weighted by atomic mass is 10.1. The molecule has 14 heavy (non-hydrogen) atoms. The third-order valence-electron chi connectivity index (χ3n) is 2.28. The number of amides is 1. The minimum absolute atomic E-state index is 0.0457.